The van der Waals surface area contributed by atoms with Gasteiger partial charge >= 0.3 is 0 Å². The van der Waals surface area contributed by atoms with Crippen LogP contribution in [-0.4, -0.2) is 33.6 Å². The minimum absolute atomic E-state index is 0.0927. The van der Waals surface area contributed by atoms with Crippen LogP contribution in [0.1, 0.15) is 27.9 Å². The maximum Gasteiger partial charge on any atom is 0.257 e. The second-order valence-corrected chi connectivity index (χ2v) is 7.42. The molecular formula is C24H20FN3O3. The number of carbonyl (C=O) groups excluding carboxylic acids is 3. The summed E-state index contributed by atoms with van der Waals surface area (Å²) in [5.74, 6) is -1.76. The number of imide groups is 1. The van der Waals surface area contributed by atoms with Crippen LogP contribution in [0.3, 0.4) is 0 Å². The molecular weight excluding hydrogens is 397 g/mol. The summed E-state index contributed by atoms with van der Waals surface area (Å²) in [5, 5.41) is 0. The molecule has 0 aliphatic carbocycles. The van der Waals surface area contributed by atoms with E-state index in [1.54, 1.807) is 36.7 Å². The molecule has 1 unspecified atom stereocenters. The Morgan fingerprint density at radius 1 is 1.10 bits per heavy atom. The lowest BCUT2D eigenvalue weighted by Gasteiger charge is -2.28. The first-order chi connectivity index (χ1) is 14.9. The van der Waals surface area contributed by atoms with Crippen molar-refractivity contribution in [2.45, 2.75) is 25.9 Å². The summed E-state index contributed by atoms with van der Waals surface area (Å²) in [5.41, 5.74) is 2.43. The Hall–Kier alpha value is -3.87. The third kappa shape index (κ3) is 4.21. The van der Waals surface area contributed by atoms with Crippen molar-refractivity contribution in [3.63, 3.8) is 0 Å². The Morgan fingerprint density at radius 3 is 2.45 bits per heavy atom. The number of benzene rings is 2. The number of pyridine rings is 1. The molecule has 1 fully saturated rings. The van der Waals surface area contributed by atoms with E-state index in [0.29, 0.717) is 11.3 Å². The molecule has 0 spiro atoms. The van der Waals surface area contributed by atoms with E-state index in [1.165, 1.54) is 29.2 Å². The number of carbonyl (C=O) groups is 3. The van der Waals surface area contributed by atoms with Crippen molar-refractivity contribution in [3.8, 4) is 0 Å². The molecule has 2 aromatic carbocycles. The first-order valence-corrected chi connectivity index (χ1v) is 9.83. The number of aromatic nitrogens is 1. The van der Waals surface area contributed by atoms with Gasteiger partial charge in [0.15, 0.2) is 0 Å². The van der Waals surface area contributed by atoms with E-state index in [4.69, 9.17) is 0 Å². The van der Waals surface area contributed by atoms with Crippen molar-refractivity contribution in [2.24, 2.45) is 0 Å². The van der Waals surface area contributed by atoms with Gasteiger partial charge in [-0.15, -0.1) is 0 Å². The van der Waals surface area contributed by atoms with Gasteiger partial charge in [-0.3, -0.25) is 19.4 Å². The number of rotatable bonds is 5. The van der Waals surface area contributed by atoms with Crippen molar-refractivity contribution in [3.05, 3.63) is 95.6 Å². The fraction of sp³-hybridized carbons (Fsp3) is 0.167. The third-order valence-corrected chi connectivity index (χ3v) is 5.22. The summed E-state index contributed by atoms with van der Waals surface area (Å²) in [6.07, 6.45) is 3.09. The average Bonchev–Trinajstić information content (AvgIpc) is 3.07. The zero-order valence-electron chi connectivity index (χ0n) is 16.9. The van der Waals surface area contributed by atoms with Gasteiger partial charge in [-0.05, 0) is 55.0 Å². The summed E-state index contributed by atoms with van der Waals surface area (Å²) < 4.78 is 13.3. The normalized spacial score (nSPS) is 15.9. The number of anilines is 1. The predicted octanol–water partition coefficient (Wildman–Crippen LogP) is 3.50. The van der Waals surface area contributed by atoms with Gasteiger partial charge in [0.25, 0.3) is 11.8 Å². The van der Waals surface area contributed by atoms with E-state index in [0.717, 1.165) is 10.5 Å². The number of hydrogen-bond donors (Lipinski definition) is 0. The van der Waals surface area contributed by atoms with Gasteiger partial charge < -0.3 is 4.90 Å². The van der Waals surface area contributed by atoms with Crippen LogP contribution in [0.2, 0.25) is 0 Å². The van der Waals surface area contributed by atoms with Gasteiger partial charge in [0, 0.05) is 24.5 Å². The highest BCUT2D eigenvalue weighted by atomic mass is 19.1. The Bertz CT molecular complexity index is 1120. The lowest BCUT2D eigenvalue weighted by molar-refractivity contribution is -0.122. The molecule has 31 heavy (non-hydrogen) atoms. The Balaban J connectivity index is 1.68. The summed E-state index contributed by atoms with van der Waals surface area (Å²) in [4.78, 5) is 45.8. The highest BCUT2D eigenvalue weighted by Gasteiger charge is 2.44. The minimum Gasteiger partial charge on any atom is -0.322 e. The molecule has 1 aliphatic rings. The van der Waals surface area contributed by atoms with Gasteiger partial charge in [0.2, 0.25) is 5.91 Å². The van der Waals surface area contributed by atoms with Gasteiger partial charge in [-0.2, -0.15) is 0 Å². The predicted molar refractivity (Wildman–Crippen MR) is 113 cm³/mol. The summed E-state index contributed by atoms with van der Waals surface area (Å²) in [7, 11) is 0. The third-order valence-electron chi connectivity index (χ3n) is 5.22. The largest absolute Gasteiger partial charge is 0.322 e. The highest BCUT2D eigenvalue weighted by molar-refractivity contribution is 6.23. The van der Waals surface area contributed by atoms with Gasteiger partial charge in [0.05, 0.1) is 12.1 Å². The molecule has 6 nitrogen and oxygen atoms in total. The van der Waals surface area contributed by atoms with Gasteiger partial charge in [-0.1, -0.05) is 23.8 Å². The van der Waals surface area contributed by atoms with Crippen LogP contribution in [0.4, 0.5) is 10.1 Å². The lowest BCUT2D eigenvalue weighted by atomic mass is 10.1. The molecule has 1 aromatic heterocycles. The molecule has 1 aliphatic heterocycles. The Morgan fingerprint density at radius 2 is 1.81 bits per heavy atom. The number of aryl methyl sites for hydroxylation is 1. The topological polar surface area (TPSA) is 70.6 Å². The fourth-order valence-electron chi connectivity index (χ4n) is 3.59. The average molecular weight is 417 g/mol. The van der Waals surface area contributed by atoms with Gasteiger partial charge in [0.1, 0.15) is 11.9 Å². The van der Waals surface area contributed by atoms with Crippen LogP contribution < -0.4 is 4.90 Å². The molecule has 1 saturated heterocycles. The van der Waals surface area contributed by atoms with Crippen LogP contribution in [0.15, 0.2) is 73.1 Å². The number of hydrogen-bond acceptors (Lipinski definition) is 4. The maximum atomic E-state index is 13.3. The first kappa shape index (κ1) is 20.4. The molecule has 3 amide bonds. The summed E-state index contributed by atoms with van der Waals surface area (Å²) in [6.45, 7) is 2.01. The Kier molecular flexibility index (Phi) is 5.58. The van der Waals surface area contributed by atoms with E-state index in [1.807, 2.05) is 19.1 Å². The number of halogens is 1. The molecule has 3 aromatic rings. The van der Waals surface area contributed by atoms with E-state index in [-0.39, 0.29) is 24.4 Å². The zero-order chi connectivity index (χ0) is 22.0. The van der Waals surface area contributed by atoms with Crippen LogP contribution in [0.25, 0.3) is 0 Å². The number of nitrogens with zero attached hydrogens (tertiary/aromatic N) is 3. The van der Waals surface area contributed by atoms with Crippen molar-refractivity contribution in [1.82, 2.24) is 9.88 Å². The van der Waals surface area contributed by atoms with Crippen molar-refractivity contribution in [1.29, 1.82) is 0 Å². The van der Waals surface area contributed by atoms with Crippen molar-refractivity contribution >= 4 is 23.4 Å². The second kappa shape index (κ2) is 8.47. The van der Waals surface area contributed by atoms with E-state index >= 15 is 0 Å². The van der Waals surface area contributed by atoms with Crippen LogP contribution in [0.5, 0.6) is 0 Å². The molecule has 0 saturated carbocycles. The fourth-order valence-corrected chi connectivity index (χ4v) is 3.59. The molecule has 0 N–H and O–H groups in total. The summed E-state index contributed by atoms with van der Waals surface area (Å²) >= 11 is 0. The first-order valence-electron chi connectivity index (χ1n) is 9.83. The molecule has 0 bridgehead atoms. The molecule has 156 valence electrons. The van der Waals surface area contributed by atoms with E-state index in [2.05, 4.69) is 4.98 Å². The highest BCUT2D eigenvalue weighted by Crippen LogP contribution is 2.28. The zero-order valence-corrected chi connectivity index (χ0v) is 16.9. The molecule has 7 heteroatoms. The Labute approximate surface area is 178 Å². The molecule has 1 atom stereocenters. The monoisotopic (exact) mass is 417 g/mol. The van der Waals surface area contributed by atoms with Crippen molar-refractivity contribution < 1.29 is 18.8 Å². The van der Waals surface area contributed by atoms with Crippen LogP contribution >= 0.6 is 0 Å². The van der Waals surface area contributed by atoms with Crippen LogP contribution in [-0.2, 0) is 16.1 Å². The smallest absolute Gasteiger partial charge is 0.257 e. The minimum atomic E-state index is -0.966. The standard InChI is InChI=1S/C24H20FN3O3/c1-16-4-10-20(11-5-16)28-22(29)13-21(24(28)31)27(15-17-3-2-12-26-14-17)23(30)18-6-8-19(25)9-7-18/h2-12,14,21H,13,15H2,1H3. The second-order valence-electron chi connectivity index (χ2n) is 7.42. The number of amides is 3. The van der Waals surface area contributed by atoms with Crippen LogP contribution in [0, 0.1) is 12.7 Å². The summed E-state index contributed by atoms with van der Waals surface area (Å²) in [6, 6.07) is 14.7. The molecule has 2 heterocycles. The molecule has 4 rings (SSSR count). The van der Waals surface area contributed by atoms with E-state index < -0.39 is 23.7 Å². The lowest BCUT2D eigenvalue weighted by Crippen LogP contribution is -2.45. The van der Waals surface area contributed by atoms with E-state index in [9.17, 15) is 18.8 Å². The quantitative estimate of drug-likeness (QED) is 0.596. The van der Waals surface area contributed by atoms with Crippen molar-refractivity contribution in [2.75, 3.05) is 4.90 Å². The van der Waals surface area contributed by atoms with Gasteiger partial charge in [-0.25, -0.2) is 9.29 Å². The SMILES string of the molecule is Cc1ccc(N2C(=O)CC(N(Cc3cccnc3)C(=O)c3ccc(F)cc3)C2=O)cc1. The maximum absolute atomic E-state index is 13.3. The molecule has 0 radical (unpaired) electrons.